The van der Waals surface area contributed by atoms with E-state index in [0.717, 1.165) is 78.3 Å². The van der Waals surface area contributed by atoms with Crippen LogP contribution in [-0.2, 0) is 37.9 Å². The van der Waals surface area contributed by atoms with Crippen LogP contribution in [0.25, 0.3) is 22.3 Å². The van der Waals surface area contributed by atoms with Gasteiger partial charge < -0.3 is 20.1 Å². The molecule has 3 N–H and O–H groups in total. The smallest absolute Gasteiger partial charge is 0.335 e. The Hall–Kier alpha value is -6.47. The molecule has 7 heteroatoms. The van der Waals surface area contributed by atoms with Crippen LogP contribution in [0, 0.1) is 0 Å². The summed E-state index contributed by atoms with van der Waals surface area (Å²) in [6, 6.07) is 30.4. The molecule has 1 aliphatic rings. The Kier molecular flexibility index (Phi) is 13.7. The summed E-state index contributed by atoms with van der Waals surface area (Å²) in [4.78, 5) is 22.3. The van der Waals surface area contributed by atoms with Gasteiger partial charge in [-0.25, -0.2) is 4.79 Å². The van der Waals surface area contributed by atoms with E-state index in [9.17, 15) is 20.1 Å². The number of hydrogen-bond acceptors (Lipinski definition) is 6. The average Bonchev–Trinajstić information content (AvgIpc) is 3.25. The van der Waals surface area contributed by atoms with Crippen LogP contribution >= 0.6 is 0 Å². The van der Waals surface area contributed by atoms with E-state index in [-0.39, 0.29) is 49.6 Å². The molecule has 0 spiro atoms. The number of nitrogens with zero attached hydrogens (tertiary/aromatic N) is 2. The number of benzene rings is 6. The van der Waals surface area contributed by atoms with Gasteiger partial charge >= 0.3 is 5.97 Å². The molecule has 0 unspecified atom stereocenters. The fourth-order valence-electron chi connectivity index (χ4n) is 9.44. The summed E-state index contributed by atoms with van der Waals surface area (Å²) < 4.78 is 7.35. The third-order valence-electron chi connectivity index (χ3n) is 14.5. The van der Waals surface area contributed by atoms with E-state index in [2.05, 4.69) is 181 Å². The number of ether oxygens (including phenoxy) is 1. The van der Waals surface area contributed by atoms with Crippen molar-refractivity contribution < 1.29 is 24.9 Å². The predicted octanol–water partition coefficient (Wildman–Crippen LogP) is 17.8. The lowest BCUT2D eigenvalue weighted by molar-refractivity contribution is 0.0696. The van der Waals surface area contributed by atoms with Gasteiger partial charge in [0.15, 0.2) is 0 Å². The quantitative estimate of drug-likeness (QED) is 0.138. The normalized spacial score (nSPS) is 14.4. The summed E-state index contributed by atoms with van der Waals surface area (Å²) in [6.45, 7) is 43.5. The Bertz CT molecular complexity index is 3200. The first-order valence-corrected chi connectivity index (χ1v) is 25.8. The summed E-state index contributed by atoms with van der Waals surface area (Å²) in [5.41, 5.74) is 12.4. The number of carbonyl (C=O) groups is 1. The number of rotatable bonds is 7. The first-order chi connectivity index (χ1) is 33.4. The third kappa shape index (κ3) is 11.1. The van der Waals surface area contributed by atoms with Gasteiger partial charge in [0.05, 0.1) is 16.9 Å². The molecule has 73 heavy (non-hydrogen) atoms. The minimum atomic E-state index is -0.976. The number of aliphatic imine (C=N–C) groups is 2. The zero-order valence-electron chi connectivity index (χ0n) is 47.4. The largest absolute Gasteiger partial charge is 0.507 e. The highest BCUT2D eigenvalue weighted by molar-refractivity contribution is 5.93. The zero-order valence-corrected chi connectivity index (χ0v) is 47.4. The Balaban J connectivity index is 1.51. The van der Waals surface area contributed by atoms with Crippen molar-refractivity contribution >= 4 is 29.8 Å². The van der Waals surface area contributed by atoms with Crippen molar-refractivity contribution in [3.63, 3.8) is 0 Å². The number of carboxylic acid groups (broad SMARTS) is 1. The van der Waals surface area contributed by atoms with Gasteiger partial charge in [0.1, 0.15) is 23.0 Å². The molecule has 1 heterocycles. The number of aromatic carboxylic acids is 1. The maximum atomic E-state index is 12.0. The SMILES string of the molecule is CC(C)(C)c1cc(C=Nc2ccc(-c3cc(C(C)(C)C)cc4c3Oc3c(-c5ccc(C(=O)O)cc5)cc(C(C)(C)C)cc3C4(C)C)cc2N=Cc2cc(C(C)(C)C)cc(C(C)(C)C)c2O)c(O)c(C(C)(C)C)c1. The lowest BCUT2D eigenvalue weighted by Crippen LogP contribution is -2.27. The molecule has 6 aromatic rings. The standard InChI is InChI=1S/C66H80N2O5/c1-60(2,3)43-27-41(55(69)49(32-43)64(13,14)15)36-67-53-26-25-40(29-54(53)68-37-42-28-44(61(4,5)6)33-50(56(42)70)65(16,17)18)48-31-46(63(10,11)12)35-52-58(48)73-57-47(38-21-23-39(24-22-38)59(71)72)30-45(62(7,8)9)34-51(57)66(52,19)20/h21-37,69-70H,1-20H3,(H,71,72). The Morgan fingerprint density at radius 2 is 0.836 bits per heavy atom. The molecule has 7 rings (SSSR count). The summed E-state index contributed by atoms with van der Waals surface area (Å²) in [6.07, 6.45) is 3.49. The van der Waals surface area contributed by atoms with Gasteiger partial charge in [-0.2, -0.15) is 0 Å². The van der Waals surface area contributed by atoms with Gasteiger partial charge in [0, 0.05) is 62.4 Å². The molecule has 0 atom stereocenters. The van der Waals surface area contributed by atoms with Crippen LogP contribution < -0.4 is 4.74 Å². The van der Waals surface area contributed by atoms with E-state index in [1.54, 1.807) is 24.6 Å². The number of fused-ring (bicyclic) bond motifs is 2. The molecule has 384 valence electrons. The number of aromatic hydroxyl groups is 2. The van der Waals surface area contributed by atoms with Crippen molar-refractivity contribution in [2.24, 2.45) is 9.98 Å². The summed E-state index contributed by atoms with van der Waals surface area (Å²) in [5, 5.41) is 33.6. The zero-order chi connectivity index (χ0) is 54.3. The van der Waals surface area contributed by atoms with Gasteiger partial charge in [-0.05, 0) is 114 Å². The highest BCUT2D eigenvalue weighted by Crippen LogP contribution is 2.56. The van der Waals surface area contributed by atoms with Crippen molar-refractivity contribution in [2.75, 3.05) is 0 Å². The van der Waals surface area contributed by atoms with Gasteiger partial charge in [0.2, 0.25) is 0 Å². The first kappa shape index (κ1) is 54.3. The van der Waals surface area contributed by atoms with E-state index in [4.69, 9.17) is 14.7 Å². The van der Waals surface area contributed by atoms with E-state index >= 15 is 0 Å². The second-order valence-electron chi connectivity index (χ2n) is 27.1. The molecule has 6 aromatic carbocycles. The molecular formula is C66H80N2O5. The highest BCUT2D eigenvalue weighted by Gasteiger charge is 2.40. The van der Waals surface area contributed by atoms with Crippen LogP contribution in [0.5, 0.6) is 23.0 Å². The molecule has 0 saturated heterocycles. The summed E-state index contributed by atoms with van der Waals surface area (Å²) in [5.74, 6) is 0.868. The van der Waals surface area contributed by atoms with E-state index in [1.807, 2.05) is 36.4 Å². The predicted molar refractivity (Wildman–Crippen MR) is 306 cm³/mol. The van der Waals surface area contributed by atoms with Crippen LogP contribution in [0.15, 0.2) is 101 Å². The number of phenolic OH excluding ortho intramolecular Hbond substituents is 2. The van der Waals surface area contributed by atoms with Crippen molar-refractivity contribution in [3.8, 4) is 45.3 Å². The van der Waals surface area contributed by atoms with Gasteiger partial charge in [-0.15, -0.1) is 0 Å². The fraction of sp³-hybridized carbons (Fsp3) is 0.409. The molecule has 0 aromatic heterocycles. The van der Waals surface area contributed by atoms with Gasteiger partial charge in [-0.3, -0.25) is 9.98 Å². The monoisotopic (exact) mass is 981 g/mol. The lowest BCUT2D eigenvalue weighted by atomic mass is 9.70. The highest BCUT2D eigenvalue weighted by atomic mass is 16.5. The summed E-state index contributed by atoms with van der Waals surface area (Å²) >= 11 is 0. The molecule has 1 aliphatic heterocycles. The van der Waals surface area contributed by atoms with Crippen LogP contribution in [0.3, 0.4) is 0 Å². The number of carboxylic acids is 1. The topological polar surface area (TPSA) is 112 Å². The minimum absolute atomic E-state index is 0.179. The maximum Gasteiger partial charge on any atom is 0.335 e. The lowest BCUT2D eigenvalue weighted by Gasteiger charge is -2.39. The Labute approximate surface area is 436 Å². The number of hydrogen-bond donors (Lipinski definition) is 3. The fourth-order valence-corrected chi connectivity index (χ4v) is 9.44. The number of phenols is 2. The van der Waals surface area contributed by atoms with E-state index < -0.39 is 11.4 Å². The maximum absolute atomic E-state index is 12.0. The molecular weight excluding hydrogens is 901 g/mol. The third-order valence-corrected chi connectivity index (χ3v) is 14.5. The van der Waals surface area contributed by atoms with Gasteiger partial charge in [-0.1, -0.05) is 181 Å². The Morgan fingerprint density at radius 3 is 1.22 bits per heavy atom. The molecule has 7 nitrogen and oxygen atoms in total. The van der Waals surface area contributed by atoms with Crippen LogP contribution in [-0.4, -0.2) is 33.7 Å². The van der Waals surface area contributed by atoms with Crippen molar-refractivity contribution in [2.45, 2.75) is 176 Å². The second kappa shape index (κ2) is 18.5. The van der Waals surface area contributed by atoms with Crippen molar-refractivity contribution in [1.29, 1.82) is 0 Å². The molecule has 0 aliphatic carbocycles. The molecule has 0 amide bonds. The van der Waals surface area contributed by atoms with E-state index in [0.29, 0.717) is 22.5 Å². The molecule has 0 bridgehead atoms. The summed E-state index contributed by atoms with van der Waals surface area (Å²) in [7, 11) is 0. The molecule has 0 fully saturated rings. The Morgan fingerprint density at radius 1 is 0.466 bits per heavy atom. The average molecular weight is 981 g/mol. The van der Waals surface area contributed by atoms with Gasteiger partial charge in [0.25, 0.3) is 0 Å². The molecule has 0 saturated carbocycles. The second-order valence-corrected chi connectivity index (χ2v) is 27.1. The van der Waals surface area contributed by atoms with Crippen LogP contribution in [0.4, 0.5) is 11.4 Å². The van der Waals surface area contributed by atoms with Crippen molar-refractivity contribution in [3.05, 3.63) is 152 Å². The van der Waals surface area contributed by atoms with Crippen LogP contribution in [0.1, 0.15) is 204 Å². The van der Waals surface area contributed by atoms with Crippen molar-refractivity contribution in [1.82, 2.24) is 0 Å². The molecule has 0 radical (unpaired) electrons. The first-order valence-electron chi connectivity index (χ1n) is 25.8. The van der Waals surface area contributed by atoms with Crippen LogP contribution in [0.2, 0.25) is 0 Å². The van der Waals surface area contributed by atoms with E-state index in [1.165, 1.54) is 0 Å². The minimum Gasteiger partial charge on any atom is -0.507 e.